The van der Waals surface area contributed by atoms with Crippen molar-refractivity contribution in [2.75, 3.05) is 13.4 Å². The minimum Gasteiger partial charge on any atom is -0.469 e. The Bertz CT molecular complexity index is 1070. The predicted molar refractivity (Wildman–Crippen MR) is 146 cm³/mol. The molecule has 0 heterocycles. The molecular weight excluding hydrogens is 520 g/mol. The highest BCUT2D eigenvalue weighted by molar-refractivity contribution is 7.86. The normalized spacial score (nSPS) is 42.6. The Morgan fingerprint density at radius 1 is 1.08 bits per heavy atom. The van der Waals surface area contributed by atoms with E-state index in [1.165, 1.54) is 14.0 Å². The van der Waals surface area contributed by atoms with Crippen LogP contribution in [0.5, 0.6) is 0 Å². The number of carbonyl (C=O) groups is 3. The van der Waals surface area contributed by atoms with Crippen molar-refractivity contribution < 1.29 is 36.5 Å². The number of hydrogen-bond donors (Lipinski definition) is 0. The van der Waals surface area contributed by atoms with Crippen molar-refractivity contribution >= 4 is 27.8 Å². The summed E-state index contributed by atoms with van der Waals surface area (Å²) in [6.45, 7) is 10.1. The van der Waals surface area contributed by atoms with Crippen molar-refractivity contribution in [1.82, 2.24) is 0 Å². The van der Waals surface area contributed by atoms with Gasteiger partial charge >= 0.3 is 11.9 Å². The number of rotatable bonds is 8. The largest absolute Gasteiger partial charge is 0.469 e. The predicted octanol–water partition coefficient (Wildman–Crippen LogP) is 4.94. The molecule has 0 aromatic carbocycles. The van der Waals surface area contributed by atoms with E-state index in [4.69, 9.17) is 13.7 Å². The van der Waals surface area contributed by atoms with Gasteiger partial charge in [-0.2, -0.15) is 8.42 Å². The number of esters is 2. The topological polar surface area (TPSA) is 113 Å². The average molecular weight is 569 g/mol. The van der Waals surface area contributed by atoms with Crippen molar-refractivity contribution in [3.05, 3.63) is 0 Å². The van der Waals surface area contributed by atoms with Crippen LogP contribution in [0, 0.1) is 52.3 Å². The Morgan fingerprint density at radius 2 is 1.77 bits per heavy atom. The van der Waals surface area contributed by atoms with Gasteiger partial charge < -0.3 is 9.47 Å². The van der Waals surface area contributed by atoms with Gasteiger partial charge in [0.05, 0.1) is 19.5 Å². The molecule has 0 aromatic heterocycles. The van der Waals surface area contributed by atoms with Crippen molar-refractivity contribution in [2.45, 2.75) is 105 Å². The second kappa shape index (κ2) is 11.1. The number of methoxy groups -OCH3 is 1. The lowest BCUT2D eigenvalue weighted by Gasteiger charge is -2.63. The van der Waals surface area contributed by atoms with Crippen LogP contribution < -0.4 is 0 Å². The van der Waals surface area contributed by atoms with Gasteiger partial charge in [-0.3, -0.25) is 18.6 Å². The molecule has 0 saturated heterocycles. The third kappa shape index (κ3) is 5.43. The van der Waals surface area contributed by atoms with Crippen molar-refractivity contribution in [3.63, 3.8) is 0 Å². The van der Waals surface area contributed by atoms with Crippen molar-refractivity contribution in [1.29, 1.82) is 0 Å². The van der Waals surface area contributed by atoms with E-state index >= 15 is 0 Å². The van der Waals surface area contributed by atoms with E-state index in [0.717, 1.165) is 38.4 Å². The summed E-state index contributed by atoms with van der Waals surface area (Å²) in [7, 11) is -2.34. The summed E-state index contributed by atoms with van der Waals surface area (Å²) in [5, 5.41) is 0. The molecule has 0 amide bonds. The molecule has 8 nitrogen and oxygen atoms in total. The highest BCUT2D eigenvalue weighted by Gasteiger charge is 2.68. The van der Waals surface area contributed by atoms with Gasteiger partial charge in [-0.05, 0) is 86.4 Å². The van der Waals surface area contributed by atoms with Gasteiger partial charge in [0.15, 0.2) is 0 Å². The molecule has 0 radical (unpaired) electrons. The second-order valence-electron chi connectivity index (χ2n) is 13.4. The number of ketones is 1. The summed E-state index contributed by atoms with van der Waals surface area (Å²) in [5.41, 5.74) is -0.656. The first-order valence-electron chi connectivity index (χ1n) is 14.8. The third-order valence-corrected chi connectivity index (χ3v) is 12.2. The van der Waals surface area contributed by atoms with Gasteiger partial charge in [-0.15, -0.1) is 0 Å². The fourth-order valence-corrected chi connectivity index (χ4v) is 10.6. The van der Waals surface area contributed by atoms with E-state index in [1.807, 2.05) is 0 Å². The van der Waals surface area contributed by atoms with Crippen LogP contribution in [-0.4, -0.2) is 51.7 Å². The maximum atomic E-state index is 14.4. The van der Waals surface area contributed by atoms with Gasteiger partial charge in [0.25, 0.3) is 10.1 Å². The van der Waals surface area contributed by atoms with E-state index in [1.54, 1.807) is 0 Å². The SMILES string of the molecule is CC[C@H]1C(=O)[C@@H]2[C@H](C[C@H](OS(C)(=O)=O)[C@]3(C)[C@@H]([C@H](C)CCC(=O)OC)CC[C@@H]23)[C@@]2(C)CC[C@@H](OC(C)=O)C[C@@H]12. The molecular formula is C30H48O8S. The summed E-state index contributed by atoms with van der Waals surface area (Å²) >= 11 is 0. The fourth-order valence-electron chi connectivity index (χ4n) is 9.87. The Hall–Kier alpha value is -1.48. The summed E-state index contributed by atoms with van der Waals surface area (Å²) in [5.74, 6) is -0.0211. The molecule has 4 rings (SSSR count). The standard InChI is InChI=1S/C30H48O8S/c1-8-20-23-15-19(37-18(3)31)13-14-29(23,4)24-16-25(38-39(7,34)35)30(5)21(17(2)9-12-26(32)36-6)10-11-22(30)27(24)28(20)33/h17,19-25,27H,8-16H2,1-7H3/t17-,19-,20-,21-,22+,23+,24+,25+,27+,29+,30-/m1/s1. The van der Waals surface area contributed by atoms with Crippen molar-refractivity contribution in [3.8, 4) is 0 Å². The summed E-state index contributed by atoms with van der Waals surface area (Å²) < 4.78 is 41.6. The first kappa shape index (κ1) is 30.5. The lowest BCUT2D eigenvalue weighted by Crippen LogP contribution is -2.64. The van der Waals surface area contributed by atoms with Crippen LogP contribution >= 0.6 is 0 Å². The maximum absolute atomic E-state index is 14.4. The highest BCUT2D eigenvalue weighted by Crippen LogP contribution is 2.69. The summed E-state index contributed by atoms with van der Waals surface area (Å²) in [6, 6.07) is 0. The van der Waals surface area contributed by atoms with E-state index in [9.17, 15) is 22.8 Å². The fraction of sp³-hybridized carbons (Fsp3) is 0.900. The van der Waals surface area contributed by atoms with E-state index in [2.05, 4.69) is 27.7 Å². The molecule has 0 aromatic rings. The first-order valence-corrected chi connectivity index (χ1v) is 16.6. The van der Waals surface area contributed by atoms with Gasteiger partial charge in [0, 0.05) is 30.6 Å². The zero-order chi connectivity index (χ0) is 28.9. The Kier molecular flexibility index (Phi) is 8.65. The minimum atomic E-state index is -3.73. The summed E-state index contributed by atoms with van der Waals surface area (Å²) in [4.78, 5) is 38.0. The Labute approximate surface area is 234 Å². The minimum absolute atomic E-state index is 0.0185. The number of ether oxygens (including phenoxy) is 2. The van der Waals surface area contributed by atoms with Crippen LogP contribution in [0.2, 0.25) is 0 Å². The zero-order valence-electron chi connectivity index (χ0n) is 24.7. The van der Waals surface area contributed by atoms with Gasteiger partial charge in [-0.25, -0.2) is 0 Å². The first-order chi connectivity index (χ1) is 18.2. The molecule has 0 aliphatic heterocycles. The lowest BCUT2D eigenvalue weighted by molar-refractivity contribution is -0.191. The van der Waals surface area contributed by atoms with E-state index in [0.29, 0.717) is 31.5 Å². The monoisotopic (exact) mass is 568 g/mol. The highest BCUT2D eigenvalue weighted by atomic mass is 32.2. The molecule has 9 heteroatoms. The van der Waals surface area contributed by atoms with E-state index < -0.39 is 21.6 Å². The average Bonchev–Trinajstić information content (AvgIpc) is 3.21. The lowest BCUT2D eigenvalue weighted by atomic mass is 9.41. The number of fused-ring (bicyclic) bond motifs is 5. The molecule has 4 aliphatic rings. The van der Waals surface area contributed by atoms with Crippen LogP contribution in [0.1, 0.15) is 92.4 Å². The molecule has 4 aliphatic carbocycles. The van der Waals surface area contributed by atoms with Gasteiger partial charge in [-0.1, -0.05) is 27.7 Å². The number of hydrogen-bond acceptors (Lipinski definition) is 8. The van der Waals surface area contributed by atoms with Gasteiger partial charge in [0.1, 0.15) is 11.9 Å². The molecule has 222 valence electrons. The molecule has 39 heavy (non-hydrogen) atoms. The summed E-state index contributed by atoms with van der Waals surface area (Å²) in [6.07, 6.45) is 6.68. The van der Waals surface area contributed by atoms with Crippen LogP contribution in [-0.2, 0) is 38.2 Å². The third-order valence-electron chi connectivity index (χ3n) is 11.6. The smallest absolute Gasteiger partial charge is 0.305 e. The molecule has 4 fully saturated rings. The van der Waals surface area contributed by atoms with E-state index in [-0.39, 0.29) is 64.9 Å². The molecule has 0 bridgehead atoms. The van der Waals surface area contributed by atoms with Crippen molar-refractivity contribution in [2.24, 2.45) is 52.3 Å². The van der Waals surface area contributed by atoms with Gasteiger partial charge in [0.2, 0.25) is 0 Å². The Morgan fingerprint density at radius 3 is 2.36 bits per heavy atom. The maximum Gasteiger partial charge on any atom is 0.305 e. The second-order valence-corrected chi connectivity index (χ2v) is 15.0. The quantitative estimate of drug-likeness (QED) is 0.299. The zero-order valence-corrected chi connectivity index (χ0v) is 25.6. The Balaban J connectivity index is 1.72. The number of carbonyl (C=O) groups excluding carboxylic acids is 3. The molecule has 0 unspecified atom stereocenters. The molecule has 0 spiro atoms. The van der Waals surface area contributed by atoms with Crippen LogP contribution in [0.25, 0.3) is 0 Å². The van der Waals surface area contributed by atoms with Crippen LogP contribution in [0.4, 0.5) is 0 Å². The molecule has 0 N–H and O–H groups in total. The van der Waals surface area contributed by atoms with Crippen LogP contribution in [0.15, 0.2) is 0 Å². The van der Waals surface area contributed by atoms with Crippen LogP contribution in [0.3, 0.4) is 0 Å². The number of Topliss-reactive ketones (excluding diaryl/α,β-unsaturated/α-hetero) is 1. The molecule has 4 saturated carbocycles. The molecule has 11 atom stereocenters.